The summed E-state index contributed by atoms with van der Waals surface area (Å²) >= 11 is 0.997. The molecule has 1 aliphatic rings. The molecular formula is C4H8O3S. The van der Waals surface area contributed by atoms with Crippen molar-refractivity contribution in [1.29, 1.82) is 0 Å². The van der Waals surface area contributed by atoms with Gasteiger partial charge in [-0.25, -0.2) is 0 Å². The third kappa shape index (κ3) is 1.35. The Morgan fingerprint density at radius 3 is 2.50 bits per heavy atom. The Bertz CT molecular complexity index is 93.3. The first-order valence-corrected chi connectivity index (χ1v) is 3.35. The molecule has 0 aromatic rings. The molecule has 0 saturated carbocycles. The molecule has 1 fully saturated rings. The van der Waals surface area contributed by atoms with Crippen molar-refractivity contribution < 1.29 is 14.9 Å². The summed E-state index contributed by atoms with van der Waals surface area (Å²) in [6.45, 7) is 1.79. The Hall–Kier alpha value is 0.230. The van der Waals surface area contributed by atoms with Gasteiger partial charge in [0.25, 0.3) is 0 Å². The third-order valence-electron chi connectivity index (χ3n) is 0.861. The van der Waals surface area contributed by atoms with Crippen molar-refractivity contribution in [2.24, 2.45) is 0 Å². The lowest BCUT2D eigenvalue weighted by Gasteiger charge is -2.11. The Labute approximate surface area is 51.7 Å². The van der Waals surface area contributed by atoms with Crippen LogP contribution in [0.1, 0.15) is 6.92 Å². The van der Waals surface area contributed by atoms with E-state index in [4.69, 9.17) is 10.2 Å². The molecule has 2 N–H and O–H groups in total. The van der Waals surface area contributed by atoms with Crippen molar-refractivity contribution in [3.63, 3.8) is 0 Å². The summed E-state index contributed by atoms with van der Waals surface area (Å²) in [6, 6.07) is 0. The predicted molar refractivity (Wildman–Crippen MR) is 30.2 cm³/mol. The lowest BCUT2D eigenvalue weighted by molar-refractivity contribution is -0.270. The van der Waals surface area contributed by atoms with Crippen LogP contribution < -0.4 is 0 Å². The first-order valence-electron chi connectivity index (χ1n) is 2.37. The maximum atomic E-state index is 8.66. The number of rotatable bonds is 0. The number of hydrogen-bond donors (Lipinski definition) is 2. The average molecular weight is 136 g/mol. The molecule has 0 aromatic carbocycles. The van der Waals surface area contributed by atoms with Crippen molar-refractivity contribution in [3.05, 3.63) is 0 Å². The molecule has 1 heterocycles. The van der Waals surface area contributed by atoms with Crippen LogP contribution in [0.5, 0.6) is 0 Å². The highest BCUT2D eigenvalue weighted by molar-refractivity contribution is 8.00. The fourth-order valence-corrected chi connectivity index (χ4v) is 1.31. The molecular weight excluding hydrogens is 128 g/mol. The van der Waals surface area contributed by atoms with E-state index in [0.29, 0.717) is 5.75 Å². The third-order valence-corrected chi connectivity index (χ3v) is 1.97. The van der Waals surface area contributed by atoms with Gasteiger partial charge in [0, 0.05) is 5.75 Å². The summed E-state index contributed by atoms with van der Waals surface area (Å²) in [7, 11) is 0. The van der Waals surface area contributed by atoms with Gasteiger partial charge in [-0.1, -0.05) is 11.8 Å². The van der Waals surface area contributed by atoms with Gasteiger partial charge in [0.05, 0.1) is 6.10 Å². The number of thioether (sulfide) groups is 1. The second-order valence-corrected chi connectivity index (χ2v) is 2.94. The molecule has 1 atom stereocenters. The van der Waals surface area contributed by atoms with E-state index in [1.807, 2.05) is 0 Å². The van der Waals surface area contributed by atoms with Gasteiger partial charge in [0.15, 0.2) is 0 Å². The van der Waals surface area contributed by atoms with Gasteiger partial charge in [0.2, 0.25) is 0 Å². The topological polar surface area (TPSA) is 49.7 Å². The molecule has 1 saturated heterocycles. The Morgan fingerprint density at radius 2 is 2.38 bits per heavy atom. The zero-order chi connectivity index (χ0) is 6.20. The zero-order valence-electron chi connectivity index (χ0n) is 4.50. The first-order chi connectivity index (χ1) is 3.60. The summed E-state index contributed by atoms with van der Waals surface area (Å²) in [4.78, 5) is 0. The van der Waals surface area contributed by atoms with Crippen LogP contribution in [0.4, 0.5) is 0 Å². The van der Waals surface area contributed by atoms with Gasteiger partial charge in [0.1, 0.15) is 0 Å². The van der Waals surface area contributed by atoms with Gasteiger partial charge >= 0.3 is 5.31 Å². The van der Waals surface area contributed by atoms with Gasteiger partial charge in [-0.15, -0.1) is 0 Å². The summed E-state index contributed by atoms with van der Waals surface area (Å²) in [6.07, 6.45) is -0.0463. The van der Waals surface area contributed by atoms with Crippen molar-refractivity contribution in [2.45, 2.75) is 18.3 Å². The summed E-state index contributed by atoms with van der Waals surface area (Å²) in [5, 5.41) is 15.4. The van der Waals surface area contributed by atoms with Gasteiger partial charge in [-0.2, -0.15) is 0 Å². The largest absolute Gasteiger partial charge is 0.335 e. The van der Waals surface area contributed by atoms with Crippen LogP contribution in [-0.4, -0.2) is 27.4 Å². The summed E-state index contributed by atoms with van der Waals surface area (Å²) in [5.74, 6) is 0.646. The van der Waals surface area contributed by atoms with Crippen LogP contribution in [0, 0.1) is 0 Å². The van der Waals surface area contributed by atoms with E-state index in [-0.39, 0.29) is 6.10 Å². The second kappa shape index (κ2) is 1.88. The van der Waals surface area contributed by atoms with Crippen LogP contribution in [0.15, 0.2) is 0 Å². The van der Waals surface area contributed by atoms with Crippen LogP contribution in [0.2, 0.25) is 0 Å². The monoisotopic (exact) mass is 136 g/mol. The van der Waals surface area contributed by atoms with Crippen molar-refractivity contribution in [2.75, 3.05) is 5.75 Å². The SMILES string of the molecule is CC1CSC(O)(O)O1. The Kier molecular flexibility index (Phi) is 1.49. The fraction of sp³-hybridized carbons (Fsp3) is 1.00. The smallest absolute Gasteiger partial charge is 0.332 e. The van der Waals surface area contributed by atoms with Gasteiger partial charge < -0.3 is 14.9 Å². The van der Waals surface area contributed by atoms with Crippen LogP contribution in [-0.2, 0) is 4.74 Å². The molecule has 8 heavy (non-hydrogen) atoms. The first kappa shape index (κ1) is 6.35. The second-order valence-electron chi connectivity index (χ2n) is 1.79. The number of hydrogen-bond acceptors (Lipinski definition) is 4. The fourth-order valence-electron chi connectivity index (χ4n) is 0.556. The molecule has 48 valence electrons. The van der Waals surface area contributed by atoms with E-state index in [1.54, 1.807) is 6.92 Å². The maximum absolute atomic E-state index is 8.66. The Morgan fingerprint density at radius 1 is 1.75 bits per heavy atom. The quantitative estimate of drug-likeness (QED) is 0.450. The van der Waals surface area contributed by atoms with E-state index in [0.717, 1.165) is 11.8 Å². The molecule has 0 aromatic heterocycles. The van der Waals surface area contributed by atoms with Crippen LogP contribution in [0.25, 0.3) is 0 Å². The minimum absolute atomic E-state index is 0.0463. The van der Waals surface area contributed by atoms with E-state index in [1.165, 1.54) is 0 Å². The minimum atomic E-state index is -1.92. The molecule has 0 bridgehead atoms. The highest BCUT2D eigenvalue weighted by Crippen LogP contribution is 2.30. The molecule has 4 heteroatoms. The highest BCUT2D eigenvalue weighted by atomic mass is 32.2. The highest BCUT2D eigenvalue weighted by Gasteiger charge is 2.34. The van der Waals surface area contributed by atoms with E-state index < -0.39 is 5.31 Å². The maximum Gasteiger partial charge on any atom is 0.332 e. The average Bonchev–Trinajstić information content (AvgIpc) is 1.82. The van der Waals surface area contributed by atoms with Crippen molar-refractivity contribution >= 4 is 11.8 Å². The zero-order valence-corrected chi connectivity index (χ0v) is 5.31. The molecule has 3 nitrogen and oxygen atoms in total. The summed E-state index contributed by atoms with van der Waals surface area (Å²) in [5.41, 5.74) is 0. The van der Waals surface area contributed by atoms with Crippen molar-refractivity contribution in [3.8, 4) is 0 Å². The molecule has 1 aliphatic heterocycles. The minimum Gasteiger partial charge on any atom is -0.335 e. The lowest BCUT2D eigenvalue weighted by Crippen LogP contribution is -2.23. The number of ether oxygens (including phenoxy) is 1. The van der Waals surface area contributed by atoms with E-state index >= 15 is 0 Å². The van der Waals surface area contributed by atoms with Crippen LogP contribution >= 0.6 is 11.8 Å². The predicted octanol–water partition coefficient (Wildman–Crippen LogP) is -0.266. The molecule has 0 amide bonds. The number of aliphatic hydroxyl groups is 2. The standard InChI is InChI=1S/C4H8O3S/c1-3-2-8-4(5,6)7-3/h3,5-6H,2H2,1H3. The van der Waals surface area contributed by atoms with Crippen molar-refractivity contribution in [1.82, 2.24) is 0 Å². The molecule has 0 aliphatic carbocycles. The normalized spacial score (nSPS) is 35.6. The summed E-state index contributed by atoms with van der Waals surface area (Å²) < 4.78 is 4.62. The molecule has 0 radical (unpaired) electrons. The van der Waals surface area contributed by atoms with Gasteiger partial charge in [-0.3, -0.25) is 0 Å². The molecule has 1 rings (SSSR count). The Balaban J connectivity index is 2.44. The molecule has 0 spiro atoms. The van der Waals surface area contributed by atoms with E-state index in [9.17, 15) is 0 Å². The van der Waals surface area contributed by atoms with E-state index in [2.05, 4.69) is 4.74 Å². The lowest BCUT2D eigenvalue weighted by atomic mass is 10.5. The van der Waals surface area contributed by atoms with Crippen LogP contribution in [0.3, 0.4) is 0 Å². The molecule has 1 unspecified atom stereocenters. The van der Waals surface area contributed by atoms with Gasteiger partial charge in [-0.05, 0) is 6.92 Å².